The Morgan fingerprint density at radius 3 is 2.70 bits per heavy atom. The van der Waals surface area contributed by atoms with E-state index in [-0.39, 0.29) is 30.5 Å². The molecule has 1 fully saturated rings. The van der Waals surface area contributed by atoms with Crippen molar-refractivity contribution in [3.05, 3.63) is 15.3 Å². The zero-order chi connectivity index (χ0) is 15.1. The second-order valence-corrected chi connectivity index (χ2v) is 7.83. The number of amides is 1. The average molecular weight is 428 g/mol. The van der Waals surface area contributed by atoms with E-state index in [0.717, 1.165) is 0 Å². The number of nitrogen functional groups attached to an aromatic ring is 1. The van der Waals surface area contributed by atoms with Gasteiger partial charge < -0.3 is 10.6 Å². The van der Waals surface area contributed by atoms with Crippen molar-refractivity contribution in [3.63, 3.8) is 0 Å². The van der Waals surface area contributed by atoms with Gasteiger partial charge in [0.2, 0.25) is 15.9 Å². The van der Waals surface area contributed by atoms with E-state index in [2.05, 4.69) is 36.8 Å². The molecule has 2 rings (SSSR count). The summed E-state index contributed by atoms with van der Waals surface area (Å²) in [5, 5.41) is 5.02. The van der Waals surface area contributed by atoms with E-state index < -0.39 is 10.0 Å². The van der Waals surface area contributed by atoms with Crippen molar-refractivity contribution >= 4 is 59.2 Å². The molecule has 10 heteroatoms. The number of hydrogen-bond acceptors (Lipinski definition) is 5. The summed E-state index contributed by atoms with van der Waals surface area (Å²) in [6.07, 6.45) is 1.64. The lowest BCUT2D eigenvalue weighted by atomic mass is 10.1. The van der Waals surface area contributed by atoms with E-state index in [1.165, 1.54) is 11.1 Å². The van der Waals surface area contributed by atoms with Crippen LogP contribution in [0.5, 0.6) is 0 Å². The fraction of sp³-hybridized carbons (Fsp3) is 0.400. The number of hydrogen-bond donors (Lipinski definition) is 2. The molecule has 1 aromatic heterocycles. The summed E-state index contributed by atoms with van der Waals surface area (Å²) >= 11 is 6.50. The van der Waals surface area contributed by atoms with Crippen LogP contribution in [0.1, 0.15) is 6.42 Å². The monoisotopic (exact) mass is 426 g/mol. The first kappa shape index (κ1) is 15.7. The first-order valence-corrected chi connectivity index (χ1v) is 8.89. The van der Waals surface area contributed by atoms with Gasteiger partial charge in [0.1, 0.15) is 10.3 Å². The molecular weight excluding hydrogens is 416 g/mol. The summed E-state index contributed by atoms with van der Waals surface area (Å²) in [4.78, 5) is 17.6. The van der Waals surface area contributed by atoms with Crippen molar-refractivity contribution < 1.29 is 13.2 Å². The molecule has 20 heavy (non-hydrogen) atoms. The largest absolute Gasteiger partial charge is 0.396 e. The molecular formula is C10H12Br2N4O3S. The predicted molar refractivity (Wildman–Crippen MR) is 82.5 cm³/mol. The zero-order valence-corrected chi connectivity index (χ0v) is 14.2. The zero-order valence-electron chi connectivity index (χ0n) is 10.2. The lowest BCUT2D eigenvalue weighted by molar-refractivity contribution is -0.117. The van der Waals surface area contributed by atoms with Crippen LogP contribution in [0.2, 0.25) is 0 Å². The van der Waals surface area contributed by atoms with E-state index in [0.29, 0.717) is 20.5 Å². The second kappa shape index (κ2) is 5.58. The maximum Gasteiger partial charge on any atom is 0.227 e. The lowest BCUT2D eigenvalue weighted by Gasteiger charge is -2.20. The fourth-order valence-corrected chi connectivity index (χ4v) is 3.86. The van der Waals surface area contributed by atoms with Gasteiger partial charge in [-0.2, -0.15) is 0 Å². The summed E-state index contributed by atoms with van der Waals surface area (Å²) in [6.45, 7) is 0.246. The molecule has 2 heterocycles. The van der Waals surface area contributed by atoms with Gasteiger partial charge in [0.05, 0.1) is 15.9 Å². The van der Waals surface area contributed by atoms with Crippen LogP contribution < -0.4 is 15.8 Å². The smallest absolute Gasteiger partial charge is 0.227 e. The quantitative estimate of drug-likeness (QED) is 0.692. The third-order valence-corrected chi connectivity index (χ3v) is 5.09. The minimum Gasteiger partial charge on any atom is -0.396 e. The SMILES string of the molecule is Nc1c(Br)cnc(Br)c1N1CC(CS(N)(=O)=O)CC1=O. The number of nitrogens with two attached hydrogens (primary N) is 2. The van der Waals surface area contributed by atoms with Gasteiger partial charge in [0.15, 0.2) is 0 Å². The number of primary sulfonamides is 1. The molecule has 1 aliphatic heterocycles. The van der Waals surface area contributed by atoms with Gasteiger partial charge >= 0.3 is 0 Å². The number of anilines is 2. The highest BCUT2D eigenvalue weighted by Gasteiger charge is 2.35. The van der Waals surface area contributed by atoms with E-state index in [1.54, 1.807) is 0 Å². The maximum atomic E-state index is 12.1. The van der Waals surface area contributed by atoms with Crippen LogP contribution in [-0.2, 0) is 14.8 Å². The van der Waals surface area contributed by atoms with E-state index in [1.807, 2.05) is 0 Å². The summed E-state index contributed by atoms with van der Waals surface area (Å²) in [7, 11) is -3.61. The molecule has 1 saturated heterocycles. The van der Waals surface area contributed by atoms with Crippen LogP contribution in [0, 0.1) is 5.92 Å². The number of rotatable bonds is 3. The summed E-state index contributed by atoms with van der Waals surface area (Å²) in [5.41, 5.74) is 6.76. The Balaban J connectivity index is 2.31. The molecule has 1 aromatic rings. The van der Waals surface area contributed by atoms with E-state index in [4.69, 9.17) is 10.9 Å². The summed E-state index contributed by atoms with van der Waals surface area (Å²) in [6, 6.07) is 0. The molecule has 0 aliphatic carbocycles. The van der Waals surface area contributed by atoms with Crippen LogP contribution in [0.25, 0.3) is 0 Å². The van der Waals surface area contributed by atoms with Crippen molar-refractivity contribution in [3.8, 4) is 0 Å². The molecule has 0 spiro atoms. The standard InChI is InChI=1S/C10H12Br2N4O3S/c11-6-2-15-10(12)9(8(6)13)16-3-5(1-7(16)17)4-20(14,18)19/h2,5H,1,3-4H2,(H2,13,15)(H2,14,18,19). The van der Waals surface area contributed by atoms with E-state index in [9.17, 15) is 13.2 Å². The maximum absolute atomic E-state index is 12.1. The second-order valence-electron chi connectivity index (χ2n) is 4.56. The Labute approximate surface area is 133 Å². The lowest BCUT2D eigenvalue weighted by Crippen LogP contribution is -2.28. The van der Waals surface area contributed by atoms with Gasteiger partial charge in [-0.15, -0.1) is 0 Å². The summed E-state index contributed by atoms with van der Waals surface area (Å²) < 4.78 is 23.2. The number of nitrogens with zero attached hydrogens (tertiary/aromatic N) is 2. The Morgan fingerprint density at radius 2 is 2.10 bits per heavy atom. The molecule has 1 unspecified atom stereocenters. The topological polar surface area (TPSA) is 119 Å². The van der Waals surface area contributed by atoms with Crippen molar-refractivity contribution in [2.75, 3.05) is 22.9 Å². The Kier molecular flexibility index (Phi) is 4.38. The van der Waals surface area contributed by atoms with Gasteiger partial charge in [-0.1, -0.05) is 0 Å². The van der Waals surface area contributed by atoms with Crippen LogP contribution in [0.15, 0.2) is 15.3 Å². The molecule has 0 saturated carbocycles. The number of aromatic nitrogens is 1. The number of carbonyl (C=O) groups excluding carboxylic acids is 1. The number of pyridine rings is 1. The molecule has 0 bridgehead atoms. The van der Waals surface area contributed by atoms with Gasteiger partial charge in [0, 0.05) is 25.1 Å². The van der Waals surface area contributed by atoms with Crippen LogP contribution in [0.4, 0.5) is 11.4 Å². The fourth-order valence-electron chi connectivity index (χ4n) is 2.16. The third-order valence-electron chi connectivity index (χ3n) is 2.94. The molecule has 1 amide bonds. The van der Waals surface area contributed by atoms with Crippen molar-refractivity contribution in [1.82, 2.24) is 4.98 Å². The van der Waals surface area contributed by atoms with Crippen molar-refractivity contribution in [1.29, 1.82) is 0 Å². The normalized spacial score (nSPS) is 19.6. The predicted octanol–water partition coefficient (Wildman–Crippen LogP) is 0.830. The first-order valence-electron chi connectivity index (χ1n) is 5.59. The highest BCUT2D eigenvalue weighted by molar-refractivity contribution is 9.11. The van der Waals surface area contributed by atoms with Crippen molar-refractivity contribution in [2.45, 2.75) is 6.42 Å². The molecule has 1 atom stereocenters. The van der Waals surface area contributed by atoms with Gasteiger partial charge in [-0.3, -0.25) is 4.79 Å². The Bertz CT molecular complexity index is 665. The van der Waals surface area contributed by atoms with Crippen LogP contribution in [0.3, 0.4) is 0 Å². The number of sulfonamides is 1. The minimum absolute atomic E-state index is 0.120. The minimum atomic E-state index is -3.61. The highest BCUT2D eigenvalue weighted by Crippen LogP contribution is 2.38. The highest BCUT2D eigenvalue weighted by atomic mass is 79.9. The van der Waals surface area contributed by atoms with Gasteiger partial charge in [-0.05, 0) is 31.9 Å². The number of halogens is 2. The summed E-state index contributed by atoms with van der Waals surface area (Å²) in [5.74, 6) is -0.775. The molecule has 4 N–H and O–H groups in total. The molecule has 0 aromatic carbocycles. The molecule has 7 nitrogen and oxygen atoms in total. The van der Waals surface area contributed by atoms with Gasteiger partial charge in [-0.25, -0.2) is 18.5 Å². The van der Waals surface area contributed by atoms with Crippen LogP contribution in [-0.4, -0.2) is 31.6 Å². The molecule has 1 aliphatic rings. The molecule has 110 valence electrons. The first-order chi connectivity index (χ1) is 9.19. The average Bonchev–Trinajstić information content (AvgIpc) is 2.63. The third kappa shape index (κ3) is 3.30. The van der Waals surface area contributed by atoms with E-state index >= 15 is 0 Å². The Morgan fingerprint density at radius 1 is 1.45 bits per heavy atom. The number of carbonyl (C=O) groups is 1. The molecule has 0 radical (unpaired) electrons. The van der Waals surface area contributed by atoms with Crippen molar-refractivity contribution in [2.24, 2.45) is 11.1 Å². The van der Waals surface area contributed by atoms with Gasteiger partial charge in [0.25, 0.3) is 0 Å². The van der Waals surface area contributed by atoms with Crippen LogP contribution >= 0.6 is 31.9 Å². The Hall–Kier alpha value is -0.710.